The standard InChI is InChI=1S/C18H18Cl2N2O7S/c1-6(23)13(26)14-17(27,7(2)24)18(28,8(3)25)15(29-14)22-12-5-10(20)9(19)4-11(12)21-16(22)30/h4-5,13-15,26-28H,1-3H3,(H,21,30)/t13?,14-,15-,17-,18+/m1/s1. The molecular weight excluding hydrogens is 459 g/mol. The van der Waals surface area contributed by atoms with E-state index in [2.05, 4.69) is 4.98 Å². The Hall–Kier alpha value is -1.66. The molecule has 2 aromatic rings. The van der Waals surface area contributed by atoms with E-state index in [0.717, 1.165) is 25.3 Å². The molecule has 162 valence electrons. The van der Waals surface area contributed by atoms with Crippen molar-refractivity contribution in [3.63, 3.8) is 0 Å². The number of hydrogen-bond donors (Lipinski definition) is 4. The maximum absolute atomic E-state index is 12.6. The highest BCUT2D eigenvalue weighted by molar-refractivity contribution is 7.71. The van der Waals surface area contributed by atoms with Gasteiger partial charge in [0, 0.05) is 0 Å². The number of nitrogens with zero attached hydrogens (tertiary/aromatic N) is 1. The topological polar surface area (TPSA) is 142 Å². The Morgan fingerprint density at radius 2 is 1.67 bits per heavy atom. The summed E-state index contributed by atoms with van der Waals surface area (Å²) in [6.07, 6.45) is -5.73. The van der Waals surface area contributed by atoms with Gasteiger partial charge in [0.15, 0.2) is 33.9 Å². The maximum Gasteiger partial charge on any atom is 0.206 e. The summed E-state index contributed by atoms with van der Waals surface area (Å²) in [7, 11) is 0. The molecule has 9 nitrogen and oxygen atoms in total. The third kappa shape index (κ3) is 2.98. The van der Waals surface area contributed by atoms with E-state index < -0.39 is 47.0 Å². The smallest absolute Gasteiger partial charge is 0.206 e. The van der Waals surface area contributed by atoms with E-state index in [1.165, 1.54) is 12.1 Å². The molecule has 1 aromatic carbocycles. The molecule has 0 saturated carbocycles. The van der Waals surface area contributed by atoms with Gasteiger partial charge in [0.2, 0.25) is 5.60 Å². The highest BCUT2D eigenvalue weighted by Crippen LogP contribution is 2.49. The quantitative estimate of drug-likeness (QED) is 0.475. The number of hydrogen-bond acceptors (Lipinski definition) is 8. The number of aliphatic hydroxyl groups is 3. The zero-order valence-corrected chi connectivity index (χ0v) is 18.3. The van der Waals surface area contributed by atoms with Crippen LogP contribution in [0.2, 0.25) is 10.0 Å². The van der Waals surface area contributed by atoms with Crippen LogP contribution in [0.3, 0.4) is 0 Å². The molecule has 1 fully saturated rings. The summed E-state index contributed by atoms with van der Waals surface area (Å²) in [5, 5.41) is 33.2. The summed E-state index contributed by atoms with van der Waals surface area (Å²) in [5.41, 5.74) is -5.23. The number of carbonyl (C=O) groups excluding carboxylic acids is 3. The van der Waals surface area contributed by atoms with Gasteiger partial charge in [-0.05, 0) is 45.1 Å². The van der Waals surface area contributed by atoms with Gasteiger partial charge in [0.05, 0.1) is 21.1 Å². The van der Waals surface area contributed by atoms with Gasteiger partial charge in [0.1, 0.15) is 12.2 Å². The van der Waals surface area contributed by atoms with Crippen molar-refractivity contribution in [1.82, 2.24) is 9.55 Å². The van der Waals surface area contributed by atoms with Crippen LogP contribution in [0.15, 0.2) is 12.1 Å². The van der Waals surface area contributed by atoms with Crippen molar-refractivity contribution in [2.24, 2.45) is 0 Å². The second-order valence-electron chi connectivity index (χ2n) is 7.19. The van der Waals surface area contributed by atoms with Gasteiger partial charge in [-0.1, -0.05) is 23.2 Å². The van der Waals surface area contributed by atoms with Crippen molar-refractivity contribution < 1.29 is 34.4 Å². The van der Waals surface area contributed by atoms with Crippen molar-refractivity contribution in [3.8, 4) is 0 Å². The van der Waals surface area contributed by atoms with Crippen LogP contribution in [0.5, 0.6) is 0 Å². The minimum absolute atomic E-state index is 0.0584. The second-order valence-corrected chi connectivity index (χ2v) is 8.39. The summed E-state index contributed by atoms with van der Waals surface area (Å²) in [6.45, 7) is 2.85. The van der Waals surface area contributed by atoms with Crippen molar-refractivity contribution in [1.29, 1.82) is 0 Å². The Morgan fingerprint density at radius 1 is 1.13 bits per heavy atom. The summed E-state index contributed by atoms with van der Waals surface area (Å²) in [6, 6.07) is 2.84. The number of benzene rings is 1. The van der Waals surface area contributed by atoms with Gasteiger partial charge in [0.25, 0.3) is 0 Å². The van der Waals surface area contributed by atoms with Crippen LogP contribution in [0, 0.1) is 4.77 Å². The van der Waals surface area contributed by atoms with Crippen molar-refractivity contribution in [2.75, 3.05) is 0 Å². The molecule has 4 N–H and O–H groups in total. The predicted molar refractivity (Wildman–Crippen MR) is 109 cm³/mol. The van der Waals surface area contributed by atoms with Crippen LogP contribution in [-0.2, 0) is 19.1 Å². The normalized spacial score (nSPS) is 29.9. The molecule has 0 spiro atoms. The molecule has 5 atom stereocenters. The fraction of sp³-hybridized carbons (Fsp3) is 0.444. The van der Waals surface area contributed by atoms with Crippen LogP contribution in [0.4, 0.5) is 0 Å². The summed E-state index contributed by atoms with van der Waals surface area (Å²) >= 11 is 17.4. The Balaban J connectivity index is 2.36. The zero-order valence-electron chi connectivity index (χ0n) is 16.0. The van der Waals surface area contributed by atoms with Crippen molar-refractivity contribution >= 4 is 63.8 Å². The first-order chi connectivity index (χ1) is 13.8. The number of imidazole rings is 1. The number of aliphatic hydroxyl groups excluding tert-OH is 1. The number of halogens is 2. The molecule has 1 aliphatic rings. The predicted octanol–water partition coefficient (Wildman–Crippen LogP) is 1.49. The summed E-state index contributed by atoms with van der Waals surface area (Å²) in [4.78, 5) is 39.6. The van der Waals surface area contributed by atoms with Gasteiger partial charge in [-0.3, -0.25) is 19.0 Å². The average molecular weight is 477 g/mol. The molecule has 0 radical (unpaired) electrons. The monoisotopic (exact) mass is 476 g/mol. The molecule has 0 bridgehead atoms. The van der Waals surface area contributed by atoms with Gasteiger partial charge in [-0.15, -0.1) is 0 Å². The lowest BCUT2D eigenvalue weighted by Crippen LogP contribution is -2.67. The van der Waals surface area contributed by atoms with E-state index in [1.54, 1.807) is 0 Å². The summed E-state index contributed by atoms with van der Waals surface area (Å²) < 4.78 is 6.71. The Kier molecular flexibility index (Phi) is 5.74. The molecule has 0 aliphatic carbocycles. The van der Waals surface area contributed by atoms with E-state index in [9.17, 15) is 29.7 Å². The molecule has 0 amide bonds. The molecule has 2 heterocycles. The lowest BCUT2D eigenvalue weighted by atomic mass is 9.73. The fourth-order valence-corrected chi connectivity index (χ4v) is 4.39. The molecule has 12 heteroatoms. The SMILES string of the molecule is CC(=O)C(O)[C@H]1O[C@@H](n2c(=S)[nH]c3cc(Cl)c(Cl)cc32)[C@@](O)(C(C)=O)[C@@]1(O)C(C)=O. The average Bonchev–Trinajstić information content (AvgIpc) is 3.07. The number of nitrogens with one attached hydrogen (secondary N) is 1. The van der Waals surface area contributed by atoms with Crippen LogP contribution in [-0.4, -0.2) is 65.6 Å². The number of fused-ring (bicyclic) bond motifs is 1. The fourth-order valence-electron chi connectivity index (χ4n) is 3.77. The number of aromatic amines is 1. The first kappa shape index (κ1) is 23.0. The third-order valence-corrected chi connectivity index (χ3v) is 6.42. The molecule has 1 saturated heterocycles. The van der Waals surface area contributed by atoms with Crippen molar-refractivity contribution in [3.05, 3.63) is 26.9 Å². The number of aromatic nitrogens is 2. The van der Waals surface area contributed by atoms with Crippen LogP contribution >= 0.6 is 35.4 Å². The van der Waals surface area contributed by atoms with Gasteiger partial charge in [-0.25, -0.2) is 0 Å². The number of carbonyl (C=O) groups is 3. The lowest BCUT2D eigenvalue weighted by molar-refractivity contribution is -0.184. The lowest BCUT2D eigenvalue weighted by Gasteiger charge is -2.37. The number of H-pyrrole nitrogens is 1. The first-order valence-corrected chi connectivity index (χ1v) is 9.84. The van der Waals surface area contributed by atoms with Crippen LogP contribution in [0.1, 0.15) is 27.0 Å². The highest BCUT2D eigenvalue weighted by Gasteiger charge is 2.73. The van der Waals surface area contributed by atoms with E-state index in [-0.39, 0.29) is 20.3 Å². The molecule has 1 aromatic heterocycles. The summed E-state index contributed by atoms with van der Waals surface area (Å²) in [5.74, 6) is -2.97. The van der Waals surface area contributed by atoms with E-state index in [0.29, 0.717) is 5.52 Å². The number of ether oxygens (including phenoxy) is 1. The van der Waals surface area contributed by atoms with Crippen LogP contribution in [0.25, 0.3) is 11.0 Å². The Labute approximate surface area is 185 Å². The second kappa shape index (κ2) is 7.49. The molecule has 30 heavy (non-hydrogen) atoms. The Bertz CT molecular complexity index is 1150. The zero-order chi connectivity index (χ0) is 22.8. The van der Waals surface area contributed by atoms with Crippen molar-refractivity contribution in [2.45, 2.75) is 50.4 Å². The molecule has 1 aliphatic heterocycles. The maximum atomic E-state index is 12.6. The van der Waals surface area contributed by atoms with Gasteiger partial charge in [-0.2, -0.15) is 0 Å². The highest BCUT2D eigenvalue weighted by atomic mass is 35.5. The van der Waals surface area contributed by atoms with E-state index in [1.807, 2.05) is 0 Å². The van der Waals surface area contributed by atoms with Crippen LogP contribution < -0.4 is 0 Å². The minimum atomic E-state index is -2.94. The number of ketones is 3. The number of rotatable bonds is 5. The van der Waals surface area contributed by atoms with Gasteiger partial charge < -0.3 is 25.0 Å². The minimum Gasteiger partial charge on any atom is -0.382 e. The number of Topliss-reactive ketones (excluding diaryl/α,β-unsaturated/α-hetero) is 3. The van der Waals surface area contributed by atoms with Gasteiger partial charge >= 0.3 is 0 Å². The molecule has 3 rings (SSSR count). The molecule has 1 unspecified atom stereocenters. The molecular formula is C18H18Cl2N2O7S. The Morgan fingerprint density at radius 3 is 2.17 bits per heavy atom. The first-order valence-electron chi connectivity index (χ1n) is 8.68. The largest absolute Gasteiger partial charge is 0.382 e. The van der Waals surface area contributed by atoms with E-state index in [4.69, 9.17) is 40.2 Å². The third-order valence-electron chi connectivity index (χ3n) is 5.40. The van der Waals surface area contributed by atoms with E-state index >= 15 is 0 Å².